The van der Waals surface area contributed by atoms with Gasteiger partial charge in [0.1, 0.15) is 11.7 Å². The molecule has 2 N–H and O–H groups in total. The molecular weight excluding hydrogens is 369 g/mol. The van der Waals surface area contributed by atoms with E-state index < -0.39 is 24.0 Å². The van der Waals surface area contributed by atoms with Crippen LogP contribution in [0.2, 0.25) is 0 Å². The second-order valence-corrected chi connectivity index (χ2v) is 7.23. The smallest absolute Gasteiger partial charge is 0.163 e. The molecule has 0 aliphatic heterocycles. The zero-order chi connectivity index (χ0) is 20.9. The number of halogens is 1. The zero-order valence-electron chi connectivity index (χ0n) is 16.3. The summed E-state index contributed by atoms with van der Waals surface area (Å²) in [5.74, 6) is 0. The van der Waals surface area contributed by atoms with E-state index in [1.807, 2.05) is 48.5 Å². The lowest BCUT2D eigenvalue weighted by Gasteiger charge is -2.25. The average molecular weight is 395 g/mol. The fourth-order valence-corrected chi connectivity index (χ4v) is 3.22. The molecule has 3 rings (SSSR count). The first-order valence-corrected chi connectivity index (χ1v) is 9.53. The first-order chi connectivity index (χ1) is 14.0. The van der Waals surface area contributed by atoms with Crippen LogP contribution in [0.15, 0.2) is 61.7 Å². The van der Waals surface area contributed by atoms with Gasteiger partial charge >= 0.3 is 0 Å². The summed E-state index contributed by atoms with van der Waals surface area (Å²) in [6.07, 6.45) is 1.02. The number of aliphatic hydroxyl groups is 1. The lowest BCUT2D eigenvalue weighted by atomic mass is 10.1. The minimum absolute atomic E-state index is 0.133. The van der Waals surface area contributed by atoms with Crippen LogP contribution in [-0.2, 0) is 22.7 Å². The molecule has 0 spiro atoms. The Kier molecular flexibility index (Phi) is 6.75. The molecule has 0 heterocycles. The first-order valence-electron chi connectivity index (χ1n) is 9.53. The highest BCUT2D eigenvalue weighted by atomic mass is 19.1. The van der Waals surface area contributed by atoms with Crippen LogP contribution in [0.1, 0.15) is 28.7 Å². The van der Waals surface area contributed by atoms with Crippen molar-refractivity contribution in [3.05, 3.63) is 83.9 Å². The summed E-state index contributed by atoms with van der Waals surface area (Å²) in [7, 11) is 0. The molecule has 0 aromatic heterocycles. The minimum atomic E-state index is -1.71. The molecule has 2 unspecified atom stereocenters. The first kappa shape index (κ1) is 21.1. The van der Waals surface area contributed by atoms with Gasteiger partial charge in [-0.2, -0.15) is 0 Å². The average Bonchev–Trinajstić information content (AvgIpc) is 3.43. The fourth-order valence-electron chi connectivity index (χ4n) is 3.22. The van der Waals surface area contributed by atoms with Crippen LogP contribution >= 0.6 is 0 Å². The van der Waals surface area contributed by atoms with E-state index >= 15 is 0 Å². The molecule has 152 valence electrons. The summed E-state index contributed by atoms with van der Waals surface area (Å²) in [6.45, 7) is 7.87. The standard InChI is InChI=1S/C24H26FNO3/c1-3-17-5-9-19(10-6-17)15-28-22-13-24(22,27)23(21(25)14-26)29-16-20-11-7-18(4-2)8-12-20/h3-12,14,21-23,26-27H,1-2,13,15-16H2/t21-,22?,23+,24?/m1/s1. The lowest BCUT2D eigenvalue weighted by molar-refractivity contribution is -0.106. The molecular formula is C24H26FNO3. The molecule has 2 aromatic rings. The number of rotatable bonds is 11. The molecule has 1 aliphatic carbocycles. The van der Waals surface area contributed by atoms with Crippen LogP contribution < -0.4 is 0 Å². The number of alkyl halides is 1. The van der Waals surface area contributed by atoms with Crippen LogP contribution in [0.4, 0.5) is 4.39 Å². The van der Waals surface area contributed by atoms with E-state index in [1.165, 1.54) is 0 Å². The Labute approximate surface area is 170 Å². The largest absolute Gasteiger partial charge is 0.384 e. The van der Waals surface area contributed by atoms with Gasteiger partial charge in [0, 0.05) is 12.6 Å². The van der Waals surface area contributed by atoms with Crippen LogP contribution in [-0.4, -0.2) is 35.3 Å². The second kappa shape index (κ2) is 9.27. The Bertz CT molecular complexity index is 849. The van der Waals surface area contributed by atoms with Crippen molar-refractivity contribution in [2.45, 2.75) is 43.6 Å². The molecule has 0 bridgehead atoms. The van der Waals surface area contributed by atoms with E-state index in [1.54, 1.807) is 12.2 Å². The molecule has 0 amide bonds. The quantitative estimate of drug-likeness (QED) is 0.548. The molecule has 29 heavy (non-hydrogen) atoms. The molecule has 1 aliphatic rings. The van der Waals surface area contributed by atoms with Crippen molar-refractivity contribution in [3.8, 4) is 0 Å². The third kappa shape index (κ3) is 5.07. The van der Waals surface area contributed by atoms with Gasteiger partial charge in [-0.15, -0.1) is 0 Å². The molecule has 1 fully saturated rings. The van der Waals surface area contributed by atoms with Gasteiger partial charge in [-0.25, -0.2) is 4.39 Å². The summed E-state index contributed by atoms with van der Waals surface area (Å²) >= 11 is 0. The second-order valence-electron chi connectivity index (χ2n) is 7.23. The maximum Gasteiger partial charge on any atom is 0.163 e. The summed E-state index contributed by atoms with van der Waals surface area (Å²) < 4.78 is 25.8. The van der Waals surface area contributed by atoms with Crippen LogP contribution in [0.3, 0.4) is 0 Å². The maximum absolute atomic E-state index is 14.4. The van der Waals surface area contributed by atoms with Crippen molar-refractivity contribution in [2.75, 3.05) is 0 Å². The highest BCUT2D eigenvalue weighted by molar-refractivity contribution is 5.61. The van der Waals surface area contributed by atoms with E-state index in [-0.39, 0.29) is 13.0 Å². The molecule has 4 nitrogen and oxygen atoms in total. The Morgan fingerprint density at radius 3 is 2.03 bits per heavy atom. The van der Waals surface area contributed by atoms with Crippen molar-refractivity contribution in [2.24, 2.45) is 0 Å². The van der Waals surface area contributed by atoms with Crippen LogP contribution in [0, 0.1) is 5.41 Å². The van der Waals surface area contributed by atoms with Gasteiger partial charge < -0.3 is 20.0 Å². The Balaban J connectivity index is 1.59. The number of benzene rings is 2. The van der Waals surface area contributed by atoms with Gasteiger partial charge in [0.25, 0.3) is 0 Å². The highest BCUT2D eigenvalue weighted by Crippen LogP contribution is 2.45. The van der Waals surface area contributed by atoms with Crippen molar-refractivity contribution < 1.29 is 19.0 Å². The van der Waals surface area contributed by atoms with Gasteiger partial charge in [0.05, 0.1) is 19.3 Å². The SMILES string of the molecule is C=Cc1ccc(COC2CC2(O)[C@@H](OCc2ccc(C=C)cc2)[C@H](F)C=N)cc1. The summed E-state index contributed by atoms with van der Waals surface area (Å²) in [4.78, 5) is 0. The van der Waals surface area contributed by atoms with E-state index in [0.717, 1.165) is 22.3 Å². The maximum atomic E-state index is 14.4. The summed E-state index contributed by atoms with van der Waals surface area (Å²) in [5, 5.41) is 18.1. The van der Waals surface area contributed by atoms with E-state index in [2.05, 4.69) is 13.2 Å². The molecule has 2 aromatic carbocycles. The third-order valence-corrected chi connectivity index (χ3v) is 5.16. The lowest BCUT2D eigenvalue weighted by Crippen LogP contribution is -2.42. The highest BCUT2D eigenvalue weighted by Gasteiger charge is 2.62. The van der Waals surface area contributed by atoms with Crippen molar-refractivity contribution in [1.29, 1.82) is 5.41 Å². The minimum Gasteiger partial charge on any atom is -0.384 e. The fraction of sp³-hybridized carbons (Fsp3) is 0.292. The van der Waals surface area contributed by atoms with Crippen molar-refractivity contribution in [3.63, 3.8) is 0 Å². The van der Waals surface area contributed by atoms with Gasteiger partial charge in [-0.3, -0.25) is 0 Å². The number of hydrogen-bond donors (Lipinski definition) is 2. The van der Waals surface area contributed by atoms with Crippen LogP contribution in [0.25, 0.3) is 12.2 Å². The van der Waals surface area contributed by atoms with Gasteiger partial charge in [-0.1, -0.05) is 73.8 Å². The summed E-state index contributed by atoms with van der Waals surface area (Å²) in [5.41, 5.74) is 2.34. The van der Waals surface area contributed by atoms with E-state index in [9.17, 15) is 9.50 Å². The number of ether oxygens (including phenoxy) is 2. The monoisotopic (exact) mass is 395 g/mol. The van der Waals surface area contributed by atoms with Crippen molar-refractivity contribution in [1.82, 2.24) is 0 Å². The Hall–Kier alpha value is -2.60. The molecule has 0 radical (unpaired) electrons. The van der Waals surface area contributed by atoms with Crippen molar-refractivity contribution >= 4 is 18.4 Å². The Morgan fingerprint density at radius 2 is 1.55 bits per heavy atom. The van der Waals surface area contributed by atoms with E-state index in [0.29, 0.717) is 12.8 Å². The zero-order valence-corrected chi connectivity index (χ0v) is 16.3. The third-order valence-electron chi connectivity index (χ3n) is 5.16. The van der Waals surface area contributed by atoms with Gasteiger partial charge in [-0.05, 0) is 22.3 Å². The topological polar surface area (TPSA) is 62.5 Å². The van der Waals surface area contributed by atoms with Gasteiger partial charge in [0.15, 0.2) is 6.17 Å². The normalized spacial score (nSPS) is 22.5. The number of nitrogens with one attached hydrogen (secondary N) is 1. The predicted octanol–water partition coefficient (Wildman–Crippen LogP) is 4.57. The predicted molar refractivity (Wildman–Crippen MR) is 113 cm³/mol. The molecule has 5 heteroatoms. The van der Waals surface area contributed by atoms with E-state index in [4.69, 9.17) is 14.9 Å². The number of hydrogen-bond acceptors (Lipinski definition) is 4. The Morgan fingerprint density at radius 1 is 1.03 bits per heavy atom. The van der Waals surface area contributed by atoms with Crippen LogP contribution in [0.5, 0.6) is 0 Å². The molecule has 1 saturated carbocycles. The molecule has 4 atom stereocenters. The molecule has 0 saturated heterocycles. The van der Waals surface area contributed by atoms with Gasteiger partial charge in [0.2, 0.25) is 0 Å². The summed E-state index contributed by atoms with van der Waals surface area (Å²) in [6, 6.07) is 15.2.